The minimum atomic E-state index is 0.0282. The molecule has 0 radical (unpaired) electrons. The summed E-state index contributed by atoms with van der Waals surface area (Å²) in [6.07, 6.45) is 4.74. The minimum absolute atomic E-state index is 0.0282. The molecule has 1 unspecified atom stereocenters. The number of nitrogens with one attached hydrogen (secondary N) is 2. The second kappa shape index (κ2) is 13.2. The summed E-state index contributed by atoms with van der Waals surface area (Å²) in [5, 5.41) is 7.08. The molecular weight excluding hydrogens is 472 g/mol. The molecule has 2 amide bonds. The summed E-state index contributed by atoms with van der Waals surface area (Å²) >= 11 is 1.62. The lowest BCUT2D eigenvalue weighted by molar-refractivity contribution is -0.123. The summed E-state index contributed by atoms with van der Waals surface area (Å²) in [5.41, 5.74) is 2.23. The van der Waals surface area contributed by atoms with Crippen molar-refractivity contribution in [2.75, 3.05) is 33.3 Å². The van der Waals surface area contributed by atoms with E-state index in [9.17, 15) is 9.59 Å². The quantitative estimate of drug-likeness (QED) is 0.542. The second-order valence-electron chi connectivity index (χ2n) is 9.06. The van der Waals surface area contributed by atoms with Crippen LogP contribution in [-0.2, 0) is 16.1 Å². The molecule has 1 aromatic heterocycles. The van der Waals surface area contributed by atoms with Crippen LogP contribution in [0.2, 0.25) is 0 Å². The SMILES string of the molecule is COc1cccc(-c2ncc(CN3CCCNC(=O)CCC(c4ccccc4)CCNC(=O)C3)s2)c1. The van der Waals surface area contributed by atoms with Gasteiger partial charge in [-0.05, 0) is 42.9 Å². The van der Waals surface area contributed by atoms with Crippen molar-refractivity contribution in [3.63, 3.8) is 0 Å². The molecule has 0 aliphatic carbocycles. The van der Waals surface area contributed by atoms with Crippen LogP contribution in [0.4, 0.5) is 0 Å². The molecule has 3 aromatic rings. The molecule has 0 spiro atoms. The highest BCUT2D eigenvalue weighted by Crippen LogP contribution is 2.29. The molecule has 2 aromatic carbocycles. The maximum Gasteiger partial charge on any atom is 0.234 e. The molecule has 2 N–H and O–H groups in total. The molecule has 36 heavy (non-hydrogen) atoms. The van der Waals surface area contributed by atoms with Gasteiger partial charge in [0.1, 0.15) is 10.8 Å². The lowest BCUT2D eigenvalue weighted by atomic mass is 9.91. The summed E-state index contributed by atoms with van der Waals surface area (Å²) < 4.78 is 5.33. The first-order chi connectivity index (χ1) is 17.6. The standard InChI is InChI=1S/C28H34N4O3S/c1-35-24-10-5-9-23(17-24)28-31-18-25(36-28)19-32-16-6-14-29-26(33)12-11-22(13-15-30-27(34)20-32)21-7-3-2-4-8-21/h2-5,7-10,17-18,22H,6,11-16,19-20H2,1H3,(H,29,33)(H,30,34). The number of amides is 2. The van der Waals surface area contributed by atoms with Crippen LogP contribution in [0.15, 0.2) is 60.8 Å². The smallest absolute Gasteiger partial charge is 0.234 e. The molecule has 0 bridgehead atoms. The zero-order chi connectivity index (χ0) is 25.2. The fraction of sp³-hybridized carbons (Fsp3) is 0.393. The van der Waals surface area contributed by atoms with Crippen molar-refractivity contribution in [2.24, 2.45) is 0 Å². The highest BCUT2D eigenvalue weighted by molar-refractivity contribution is 7.15. The van der Waals surface area contributed by atoms with E-state index >= 15 is 0 Å². The van der Waals surface area contributed by atoms with Crippen LogP contribution in [0.5, 0.6) is 5.75 Å². The lowest BCUT2D eigenvalue weighted by Crippen LogP contribution is -2.39. The number of rotatable bonds is 5. The van der Waals surface area contributed by atoms with Crippen molar-refractivity contribution in [1.29, 1.82) is 0 Å². The maximum atomic E-state index is 12.8. The fourth-order valence-electron chi connectivity index (χ4n) is 4.48. The Labute approximate surface area is 216 Å². The largest absolute Gasteiger partial charge is 0.497 e. The molecule has 4 rings (SSSR count). The van der Waals surface area contributed by atoms with E-state index in [-0.39, 0.29) is 17.7 Å². The minimum Gasteiger partial charge on any atom is -0.497 e. The van der Waals surface area contributed by atoms with E-state index in [1.165, 1.54) is 5.56 Å². The van der Waals surface area contributed by atoms with Crippen LogP contribution in [-0.4, -0.2) is 55.0 Å². The number of nitrogens with zero attached hydrogens (tertiary/aromatic N) is 2. The first-order valence-electron chi connectivity index (χ1n) is 12.5. The first kappa shape index (κ1) is 25.9. The van der Waals surface area contributed by atoms with E-state index in [1.54, 1.807) is 18.4 Å². The average molecular weight is 507 g/mol. The van der Waals surface area contributed by atoms with Crippen LogP contribution < -0.4 is 15.4 Å². The van der Waals surface area contributed by atoms with Gasteiger partial charge in [0.05, 0.1) is 13.7 Å². The Balaban J connectivity index is 1.40. The zero-order valence-electron chi connectivity index (χ0n) is 20.7. The molecule has 1 aliphatic rings. The number of carbonyl (C=O) groups excluding carboxylic acids is 2. The van der Waals surface area contributed by atoms with Crippen molar-refractivity contribution < 1.29 is 14.3 Å². The van der Waals surface area contributed by atoms with Crippen molar-refractivity contribution in [3.8, 4) is 16.3 Å². The zero-order valence-corrected chi connectivity index (χ0v) is 21.6. The van der Waals surface area contributed by atoms with E-state index < -0.39 is 0 Å². The van der Waals surface area contributed by atoms with Crippen LogP contribution in [0, 0.1) is 0 Å². The van der Waals surface area contributed by atoms with Gasteiger partial charge in [0.15, 0.2) is 0 Å². The number of hydrogen-bond donors (Lipinski definition) is 2. The van der Waals surface area contributed by atoms with Crippen LogP contribution in [0.3, 0.4) is 0 Å². The number of carbonyl (C=O) groups is 2. The third-order valence-electron chi connectivity index (χ3n) is 6.40. The second-order valence-corrected chi connectivity index (χ2v) is 10.2. The molecule has 1 aliphatic heterocycles. The first-order valence-corrected chi connectivity index (χ1v) is 13.3. The fourth-order valence-corrected chi connectivity index (χ4v) is 5.43. The highest BCUT2D eigenvalue weighted by atomic mass is 32.1. The Hall–Kier alpha value is -3.23. The number of aromatic nitrogens is 1. The number of benzene rings is 2. The number of methoxy groups -OCH3 is 1. The predicted octanol–water partition coefficient (Wildman–Crippen LogP) is 4.21. The predicted molar refractivity (Wildman–Crippen MR) is 143 cm³/mol. The summed E-state index contributed by atoms with van der Waals surface area (Å²) in [7, 11) is 1.66. The van der Waals surface area contributed by atoms with Crippen molar-refractivity contribution in [2.45, 2.75) is 38.1 Å². The molecule has 1 saturated heterocycles. The van der Waals surface area contributed by atoms with Crippen LogP contribution in [0.1, 0.15) is 42.0 Å². The Kier molecular flexibility index (Phi) is 9.47. The van der Waals surface area contributed by atoms with Gasteiger partial charge in [0.25, 0.3) is 0 Å². The Morgan fingerprint density at radius 2 is 1.86 bits per heavy atom. The molecular formula is C28H34N4O3S. The Morgan fingerprint density at radius 1 is 1.03 bits per heavy atom. The van der Waals surface area contributed by atoms with Gasteiger partial charge >= 0.3 is 0 Å². The maximum absolute atomic E-state index is 12.8. The monoisotopic (exact) mass is 506 g/mol. The van der Waals surface area contributed by atoms with Gasteiger partial charge in [-0.3, -0.25) is 14.5 Å². The van der Waals surface area contributed by atoms with E-state index in [1.807, 2.05) is 48.7 Å². The normalized spacial score (nSPS) is 18.6. The van der Waals surface area contributed by atoms with Crippen molar-refractivity contribution in [1.82, 2.24) is 20.5 Å². The van der Waals surface area contributed by atoms with Crippen molar-refractivity contribution >= 4 is 23.2 Å². The topological polar surface area (TPSA) is 83.6 Å². The van der Waals surface area contributed by atoms with Gasteiger partial charge in [0.2, 0.25) is 11.8 Å². The third kappa shape index (κ3) is 7.63. The van der Waals surface area contributed by atoms with E-state index in [0.717, 1.165) is 40.5 Å². The van der Waals surface area contributed by atoms with Gasteiger partial charge in [0, 0.05) is 49.2 Å². The molecule has 1 fully saturated rings. The molecule has 8 heteroatoms. The van der Waals surface area contributed by atoms with Gasteiger partial charge in [-0.2, -0.15) is 0 Å². The average Bonchev–Trinajstić information content (AvgIpc) is 3.37. The summed E-state index contributed by atoms with van der Waals surface area (Å²) in [6, 6.07) is 18.1. The number of hydrogen-bond acceptors (Lipinski definition) is 6. The van der Waals surface area contributed by atoms with Gasteiger partial charge in [-0.15, -0.1) is 11.3 Å². The summed E-state index contributed by atoms with van der Waals surface area (Å²) in [4.78, 5) is 33.0. The van der Waals surface area contributed by atoms with Gasteiger partial charge < -0.3 is 15.4 Å². The van der Waals surface area contributed by atoms with Gasteiger partial charge in [-0.1, -0.05) is 42.5 Å². The summed E-state index contributed by atoms with van der Waals surface area (Å²) in [5.74, 6) is 1.16. The lowest BCUT2D eigenvalue weighted by Gasteiger charge is -2.23. The Morgan fingerprint density at radius 3 is 2.69 bits per heavy atom. The Bertz CT molecular complexity index is 1130. The molecule has 2 heterocycles. The molecule has 0 saturated carbocycles. The molecule has 190 valence electrons. The van der Waals surface area contributed by atoms with Gasteiger partial charge in [-0.25, -0.2) is 4.98 Å². The highest BCUT2D eigenvalue weighted by Gasteiger charge is 2.17. The van der Waals surface area contributed by atoms with E-state index in [2.05, 4.69) is 32.7 Å². The van der Waals surface area contributed by atoms with Crippen LogP contribution >= 0.6 is 11.3 Å². The van der Waals surface area contributed by atoms with Crippen molar-refractivity contribution in [3.05, 3.63) is 71.2 Å². The molecule has 7 nitrogen and oxygen atoms in total. The number of ether oxygens (including phenoxy) is 1. The summed E-state index contributed by atoms with van der Waals surface area (Å²) in [6.45, 7) is 2.86. The molecule has 1 atom stereocenters. The van der Waals surface area contributed by atoms with E-state index in [0.29, 0.717) is 39.1 Å². The third-order valence-corrected chi connectivity index (χ3v) is 7.43. The number of thiazole rings is 1. The van der Waals surface area contributed by atoms with E-state index in [4.69, 9.17) is 4.74 Å². The van der Waals surface area contributed by atoms with Crippen LogP contribution in [0.25, 0.3) is 10.6 Å².